The van der Waals surface area contributed by atoms with Gasteiger partial charge < -0.3 is 5.32 Å². The van der Waals surface area contributed by atoms with Crippen molar-refractivity contribution in [2.24, 2.45) is 0 Å². The minimum absolute atomic E-state index is 0.515. The Morgan fingerprint density at radius 1 is 1.00 bits per heavy atom. The van der Waals surface area contributed by atoms with E-state index in [9.17, 15) is 0 Å². The third-order valence-electron chi connectivity index (χ3n) is 3.77. The van der Waals surface area contributed by atoms with Crippen molar-refractivity contribution in [2.45, 2.75) is 39.7 Å². The third kappa shape index (κ3) is 4.22. The molecule has 2 aromatic carbocycles. The van der Waals surface area contributed by atoms with E-state index < -0.39 is 0 Å². The van der Waals surface area contributed by atoms with Gasteiger partial charge in [0.15, 0.2) is 0 Å². The maximum absolute atomic E-state index is 4.22. The Morgan fingerprint density at radius 2 is 1.52 bits per heavy atom. The van der Waals surface area contributed by atoms with Gasteiger partial charge in [0.2, 0.25) is 0 Å². The van der Waals surface area contributed by atoms with Crippen LogP contribution in [-0.2, 0) is 0 Å². The first kappa shape index (κ1) is 15.4. The number of hydrogen-bond donors (Lipinski definition) is 1. The molecule has 0 aliphatic carbocycles. The van der Waals surface area contributed by atoms with Crippen LogP contribution in [0.15, 0.2) is 55.1 Å². The molecule has 0 radical (unpaired) electrons. The summed E-state index contributed by atoms with van der Waals surface area (Å²) in [6, 6.07) is 17.6. The first-order valence-electron chi connectivity index (χ1n) is 7.73. The second kappa shape index (κ2) is 7.12. The van der Waals surface area contributed by atoms with Gasteiger partial charge in [-0.05, 0) is 49.1 Å². The fraction of sp³-hybridized carbons (Fsp3) is 0.300. The minimum Gasteiger partial charge on any atom is -0.383 e. The van der Waals surface area contributed by atoms with Crippen LogP contribution < -0.4 is 5.32 Å². The largest absolute Gasteiger partial charge is 0.383 e. The van der Waals surface area contributed by atoms with Crippen molar-refractivity contribution < 1.29 is 0 Å². The molecule has 0 saturated carbocycles. The summed E-state index contributed by atoms with van der Waals surface area (Å²) in [6.45, 7) is 10.8. The van der Waals surface area contributed by atoms with Crippen LogP contribution in [0.3, 0.4) is 0 Å². The molecule has 1 N–H and O–H groups in total. The lowest BCUT2D eigenvalue weighted by atomic mass is 9.98. The van der Waals surface area contributed by atoms with Crippen LogP contribution in [-0.4, -0.2) is 6.04 Å². The zero-order valence-corrected chi connectivity index (χ0v) is 13.3. The quantitative estimate of drug-likeness (QED) is 0.719. The Hall–Kier alpha value is -2.02. The average Bonchev–Trinajstić information content (AvgIpc) is 2.48. The van der Waals surface area contributed by atoms with Crippen molar-refractivity contribution in [1.29, 1.82) is 0 Å². The van der Waals surface area contributed by atoms with Gasteiger partial charge in [0.25, 0.3) is 0 Å². The Labute approximate surface area is 128 Å². The molecule has 0 amide bonds. The predicted octanol–water partition coefficient (Wildman–Crippen LogP) is 5.66. The van der Waals surface area contributed by atoms with E-state index in [1.807, 2.05) is 0 Å². The second-order valence-electron chi connectivity index (χ2n) is 5.76. The summed E-state index contributed by atoms with van der Waals surface area (Å²) < 4.78 is 0. The van der Waals surface area contributed by atoms with E-state index in [4.69, 9.17) is 0 Å². The zero-order chi connectivity index (χ0) is 15.2. The normalized spacial score (nSPS) is 12.0. The molecule has 2 rings (SSSR count). The summed E-state index contributed by atoms with van der Waals surface area (Å²) in [4.78, 5) is 0. The first-order valence-corrected chi connectivity index (χ1v) is 7.73. The lowest BCUT2D eigenvalue weighted by Crippen LogP contribution is -2.14. The Kier molecular flexibility index (Phi) is 5.21. The highest BCUT2D eigenvalue weighted by atomic mass is 14.9. The fourth-order valence-electron chi connectivity index (χ4n) is 2.48. The van der Waals surface area contributed by atoms with E-state index in [2.05, 4.69) is 81.2 Å². The van der Waals surface area contributed by atoms with E-state index >= 15 is 0 Å². The van der Waals surface area contributed by atoms with Crippen LogP contribution in [0.1, 0.15) is 43.4 Å². The van der Waals surface area contributed by atoms with E-state index in [-0.39, 0.29) is 0 Å². The van der Waals surface area contributed by atoms with Gasteiger partial charge >= 0.3 is 0 Å². The van der Waals surface area contributed by atoms with Gasteiger partial charge in [-0.1, -0.05) is 61.9 Å². The van der Waals surface area contributed by atoms with E-state index in [1.165, 1.54) is 35.2 Å². The van der Waals surface area contributed by atoms with Gasteiger partial charge in [-0.25, -0.2) is 0 Å². The van der Waals surface area contributed by atoms with Crippen molar-refractivity contribution in [3.63, 3.8) is 0 Å². The number of aryl methyl sites for hydroxylation is 1. The number of nitrogens with one attached hydrogen (secondary N) is 1. The predicted molar refractivity (Wildman–Crippen MR) is 93.7 cm³/mol. The first-order chi connectivity index (χ1) is 10.1. The van der Waals surface area contributed by atoms with Gasteiger partial charge in [-0.15, -0.1) is 0 Å². The van der Waals surface area contributed by atoms with Crippen LogP contribution in [0, 0.1) is 6.92 Å². The molecule has 1 nitrogen and oxygen atoms in total. The standard InChI is InChI=1S/C20H25N/c1-5-6-16(3)21-20-13-11-19(12-14-20)17(4)18-9-7-15(2)8-10-18/h7-14,16,21H,4-6H2,1-3H3. The molecule has 1 heteroatoms. The number of rotatable bonds is 6. The maximum Gasteiger partial charge on any atom is 0.0342 e. The summed E-state index contributed by atoms with van der Waals surface area (Å²) in [5.74, 6) is 0. The van der Waals surface area contributed by atoms with Crippen LogP contribution in [0.5, 0.6) is 0 Å². The van der Waals surface area contributed by atoms with Crippen LogP contribution in [0.2, 0.25) is 0 Å². The molecule has 0 spiro atoms. The monoisotopic (exact) mass is 279 g/mol. The van der Waals surface area contributed by atoms with Gasteiger partial charge in [-0.3, -0.25) is 0 Å². The Bertz CT molecular complexity index is 578. The lowest BCUT2D eigenvalue weighted by molar-refractivity contribution is 0.690. The molecule has 0 heterocycles. The van der Waals surface area contributed by atoms with Gasteiger partial charge in [0, 0.05) is 11.7 Å². The summed E-state index contributed by atoms with van der Waals surface area (Å²) >= 11 is 0. The van der Waals surface area contributed by atoms with Crippen LogP contribution in [0.25, 0.3) is 5.57 Å². The molecular formula is C20H25N. The molecule has 110 valence electrons. The molecular weight excluding hydrogens is 254 g/mol. The van der Waals surface area contributed by atoms with Crippen LogP contribution in [0.4, 0.5) is 5.69 Å². The Morgan fingerprint density at radius 3 is 2.05 bits per heavy atom. The topological polar surface area (TPSA) is 12.0 Å². The van der Waals surface area contributed by atoms with Crippen molar-refractivity contribution >= 4 is 11.3 Å². The fourth-order valence-corrected chi connectivity index (χ4v) is 2.48. The van der Waals surface area contributed by atoms with Gasteiger partial charge in [0.05, 0.1) is 0 Å². The minimum atomic E-state index is 0.515. The maximum atomic E-state index is 4.22. The van der Waals surface area contributed by atoms with Crippen molar-refractivity contribution in [2.75, 3.05) is 5.32 Å². The highest BCUT2D eigenvalue weighted by molar-refractivity contribution is 5.78. The van der Waals surface area contributed by atoms with Gasteiger partial charge in [-0.2, -0.15) is 0 Å². The molecule has 0 saturated heterocycles. The molecule has 1 unspecified atom stereocenters. The van der Waals surface area contributed by atoms with Crippen molar-refractivity contribution in [3.05, 3.63) is 71.8 Å². The molecule has 21 heavy (non-hydrogen) atoms. The molecule has 0 aromatic heterocycles. The number of benzene rings is 2. The number of hydrogen-bond acceptors (Lipinski definition) is 1. The van der Waals surface area contributed by atoms with Crippen LogP contribution >= 0.6 is 0 Å². The van der Waals surface area contributed by atoms with E-state index in [0.29, 0.717) is 6.04 Å². The molecule has 0 aliphatic heterocycles. The number of anilines is 1. The summed E-state index contributed by atoms with van der Waals surface area (Å²) in [5, 5.41) is 3.53. The SMILES string of the molecule is C=C(c1ccc(C)cc1)c1ccc(NC(C)CCC)cc1. The smallest absolute Gasteiger partial charge is 0.0342 e. The summed E-state index contributed by atoms with van der Waals surface area (Å²) in [6.07, 6.45) is 2.40. The average molecular weight is 279 g/mol. The molecule has 0 bridgehead atoms. The lowest BCUT2D eigenvalue weighted by Gasteiger charge is -2.15. The highest BCUT2D eigenvalue weighted by Crippen LogP contribution is 2.23. The zero-order valence-electron chi connectivity index (χ0n) is 13.3. The Balaban J connectivity index is 2.08. The van der Waals surface area contributed by atoms with Crippen molar-refractivity contribution in [1.82, 2.24) is 0 Å². The van der Waals surface area contributed by atoms with E-state index in [0.717, 1.165) is 5.57 Å². The van der Waals surface area contributed by atoms with Crippen molar-refractivity contribution in [3.8, 4) is 0 Å². The van der Waals surface area contributed by atoms with E-state index in [1.54, 1.807) is 0 Å². The summed E-state index contributed by atoms with van der Waals surface area (Å²) in [7, 11) is 0. The molecule has 2 aromatic rings. The van der Waals surface area contributed by atoms with Gasteiger partial charge in [0.1, 0.15) is 0 Å². The molecule has 1 atom stereocenters. The third-order valence-corrected chi connectivity index (χ3v) is 3.77. The molecule has 0 fully saturated rings. The second-order valence-corrected chi connectivity index (χ2v) is 5.76. The molecule has 0 aliphatic rings. The summed E-state index contributed by atoms with van der Waals surface area (Å²) in [5.41, 5.74) is 5.88. The highest BCUT2D eigenvalue weighted by Gasteiger charge is 2.04.